The summed E-state index contributed by atoms with van der Waals surface area (Å²) >= 11 is 0. The number of carbonyl (C=O) groups is 2. The van der Waals surface area contributed by atoms with Crippen molar-refractivity contribution in [3.63, 3.8) is 0 Å². The second-order valence-electron chi connectivity index (χ2n) is 10.4. The molecule has 1 aromatic carbocycles. The third kappa shape index (κ3) is 5.18. The third-order valence-corrected chi connectivity index (χ3v) is 7.90. The van der Waals surface area contributed by atoms with Crippen molar-refractivity contribution in [2.24, 2.45) is 11.8 Å². The van der Waals surface area contributed by atoms with E-state index in [1.807, 2.05) is 7.05 Å². The molecule has 1 aliphatic carbocycles. The van der Waals surface area contributed by atoms with Gasteiger partial charge in [0.1, 0.15) is 17.5 Å². The molecule has 2 heterocycles. The maximum atomic E-state index is 13.5. The van der Waals surface area contributed by atoms with E-state index in [9.17, 15) is 19.2 Å². The molecule has 3 atom stereocenters. The largest absolute Gasteiger partial charge is 0.370 e. The molecular formula is C29H37FN4O2. The lowest BCUT2D eigenvalue weighted by molar-refractivity contribution is -0.129. The van der Waals surface area contributed by atoms with Gasteiger partial charge in [-0.05, 0) is 55.9 Å². The number of hydrogen-bond acceptors (Lipinski definition) is 4. The minimum absolute atomic E-state index is 0.0380. The lowest BCUT2D eigenvalue weighted by Gasteiger charge is -2.47. The summed E-state index contributed by atoms with van der Waals surface area (Å²) in [6, 6.07) is 7.83. The quantitative estimate of drug-likeness (QED) is 0.556. The Hall–Kier alpha value is -3.14. The van der Waals surface area contributed by atoms with Crippen LogP contribution in [0.1, 0.15) is 62.7 Å². The first kappa shape index (κ1) is 25.9. The van der Waals surface area contributed by atoms with E-state index in [0.717, 1.165) is 31.4 Å². The molecule has 36 heavy (non-hydrogen) atoms. The molecule has 0 aromatic heterocycles. The highest BCUT2D eigenvalue weighted by Gasteiger charge is 2.44. The molecule has 2 aliphatic heterocycles. The fourth-order valence-corrected chi connectivity index (χ4v) is 6.13. The van der Waals surface area contributed by atoms with Crippen LogP contribution in [0.4, 0.5) is 4.39 Å². The van der Waals surface area contributed by atoms with Gasteiger partial charge in [-0.25, -0.2) is 4.39 Å². The highest BCUT2D eigenvalue weighted by Crippen LogP contribution is 2.40. The van der Waals surface area contributed by atoms with Crippen LogP contribution in [0.5, 0.6) is 0 Å². The maximum Gasteiger partial charge on any atom is 0.266 e. The zero-order valence-electron chi connectivity index (χ0n) is 21.7. The van der Waals surface area contributed by atoms with Gasteiger partial charge in [0.25, 0.3) is 11.8 Å². The zero-order valence-corrected chi connectivity index (χ0v) is 21.7. The summed E-state index contributed by atoms with van der Waals surface area (Å²) in [5.41, 5.74) is 2.90. The predicted octanol–water partition coefficient (Wildman–Crippen LogP) is 4.75. The standard InChI is InChI=1S/C29H37FN4O2/c1-4-7-24-26(22-9-6-5-8-20(2)18-22)32(3)29(36)25(19-31)27(24)33-14-16-34(17-15-33)28(35)21-10-12-23(30)13-11-21/h10-13,18,20,24,26H,4-9,14-17H2,1-3H3. The molecular weight excluding hydrogens is 455 g/mol. The van der Waals surface area contributed by atoms with Gasteiger partial charge in [0.2, 0.25) is 0 Å². The van der Waals surface area contributed by atoms with Gasteiger partial charge < -0.3 is 14.7 Å². The first-order valence-electron chi connectivity index (χ1n) is 13.3. The Balaban J connectivity index is 1.61. The van der Waals surface area contributed by atoms with E-state index in [0.29, 0.717) is 37.7 Å². The number of nitriles is 1. The lowest BCUT2D eigenvalue weighted by Crippen LogP contribution is -2.55. The van der Waals surface area contributed by atoms with Gasteiger partial charge >= 0.3 is 0 Å². The molecule has 3 unspecified atom stereocenters. The molecule has 6 nitrogen and oxygen atoms in total. The van der Waals surface area contributed by atoms with Gasteiger partial charge in [0.15, 0.2) is 0 Å². The van der Waals surface area contributed by atoms with Crippen LogP contribution < -0.4 is 0 Å². The van der Waals surface area contributed by atoms with Crippen LogP contribution in [0.25, 0.3) is 0 Å². The van der Waals surface area contributed by atoms with Crippen molar-refractivity contribution in [3.05, 3.63) is 58.6 Å². The second-order valence-corrected chi connectivity index (χ2v) is 10.4. The SMILES string of the molecule is CCCC1C(N2CCN(C(=O)c3ccc(F)cc3)CC2)=C(C#N)C(=O)N(C)C1C1=CC(C)CCCC1. The Labute approximate surface area is 214 Å². The Bertz CT molecular complexity index is 1080. The molecule has 0 bridgehead atoms. The minimum Gasteiger partial charge on any atom is -0.370 e. The highest BCUT2D eigenvalue weighted by atomic mass is 19.1. The number of rotatable bonds is 5. The Morgan fingerprint density at radius 2 is 1.83 bits per heavy atom. The van der Waals surface area contributed by atoms with Crippen molar-refractivity contribution in [1.29, 1.82) is 5.26 Å². The van der Waals surface area contributed by atoms with Crippen LogP contribution in [0, 0.1) is 29.0 Å². The lowest BCUT2D eigenvalue weighted by atomic mass is 9.78. The number of benzene rings is 1. The number of piperazine rings is 1. The van der Waals surface area contributed by atoms with Gasteiger partial charge in [-0.2, -0.15) is 5.26 Å². The van der Waals surface area contributed by atoms with Crippen molar-refractivity contribution in [3.8, 4) is 6.07 Å². The number of hydrogen-bond donors (Lipinski definition) is 0. The Kier molecular flexibility index (Phi) is 8.13. The zero-order chi connectivity index (χ0) is 25.8. The molecule has 0 radical (unpaired) electrons. The molecule has 4 rings (SSSR count). The fraction of sp³-hybridized carbons (Fsp3) is 0.552. The molecule has 0 saturated carbocycles. The molecule has 3 aliphatic rings. The predicted molar refractivity (Wildman–Crippen MR) is 137 cm³/mol. The van der Waals surface area contributed by atoms with E-state index in [1.54, 1.807) is 9.80 Å². The topological polar surface area (TPSA) is 67.6 Å². The summed E-state index contributed by atoms with van der Waals surface area (Å²) in [4.78, 5) is 32.2. The summed E-state index contributed by atoms with van der Waals surface area (Å²) in [5.74, 6) is -0.145. The second kappa shape index (κ2) is 11.3. The number of allylic oxidation sites excluding steroid dienone is 1. The van der Waals surface area contributed by atoms with Crippen LogP contribution in [0.15, 0.2) is 47.2 Å². The van der Waals surface area contributed by atoms with E-state index in [4.69, 9.17) is 0 Å². The summed E-state index contributed by atoms with van der Waals surface area (Å²) in [5, 5.41) is 10.1. The molecule has 0 spiro atoms. The number of amides is 2. The first-order valence-corrected chi connectivity index (χ1v) is 13.3. The Morgan fingerprint density at radius 3 is 2.47 bits per heavy atom. The molecule has 1 saturated heterocycles. The maximum absolute atomic E-state index is 13.5. The van der Waals surface area contributed by atoms with E-state index >= 15 is 0 Å². The van der Waals surface area contributed by atoms with Crippen molar-refractivity contribution >= 4 is 11.8 Å². The average Bonchev–Trinajstić information content (AvgIpc) is 3.10. The molecule has 0 N–H and O–H groups in total. The number of halogens is 1. The van der Waals surface area contributed by atoms with Crippen molar-refractivity contribution < 1.29 is 14.0 Å². The van der Waals surface area contributed by atoms with E-state index in [1.165, 1.54) is 42.7 Å². The number of likely N-dealkylation sites (N-methyl/N-ethyl adjacent to an activating group) is 1. The minimum atomic E-state index is -0.367. The van der Waals surface area contributed by atoms with Crippen LogP contribution in [-0.4, -0.2) is 65.8 Å². The number of carbonyl (C=O) groups excluding carboxylic acids is 2. The Morgan fingerprint density at radius 1 is 1.14 bits per heavy atom. The van der Waals surface area contributed by atoms with Crippen LogP contribution in [-0.2, 0) is 4.79 Å². The average molecular weight is 493 g/mol. The van der Waals surface area contributed by atoms with Gasteiger partial charge in [0.05, 0.1) is 6.04 Å². The molecule has 1 aromatic rings. The van der Waals surface area contributed by atoms with Gasteiger partial charge in [-0.3, -0.25) is 9.59 Å². The van der Waals surface area contributed by atoms with Crippen LogP contribution in [0.3, 0.4) is 0 Å². The highest BCUT2D eigenvalue weighted by molar-refractivity contribution is 5.99. The third-order valence-electron chi connectivity index (χ3n) is 7.90. The fourth-order valence-electron chi connectivity index (χ4n) is 6.13. The van der Waals surface area contributed by atoms with Gasteiger partial charge in [0, 0.05) is 50.4 Å². The van der Waals surface area contributed by atoms with E-state index in [-0.39, 0.29) is 35.2 Å². The molecule has 192 valence electrons. The van der Waals surface area contributed by atoms with Crippen LogP contribution >= 0.6 is 0 Å². The summed E-state index contributed by atoms with van der Waals surface area (Å²) in [6.45, 7) is 6.51. The van der Waals surface area contributed by atoms with Crippen molar-refractivity contribution in [1.82, 2.24) is 14.7 Å². The van der Waals surface area contributed by atoms with Gasteiger partial charge in [-0.15, -0.1) is 0 Å². The summed E-state index contributed by atoms with van der Waals surface area (Å²) < 4.78 is 13.3. The first-order chi connectivity index (χ1) is 17.3. The summed E-state index contributed by atoms with van der Waals surface area (Å²) in [7, 11) is 1.85. The van der Waals surface area contributed by atoms with E-state index in [2.05, 4.69) is 30.9 Å². The van der Waals surface area contributed by atoms with Crippen molar-refractivity contribution in [2.75, 3.05) is 33.2 Å². The van der Waals surface area contributed by atoms with Crippen molar-refractivity contribution in [2.45, 2.75) is 58.4 Å². The molecule has 7 heteroatoms. The normalized spacial score (nSPS) is 25.4. The summed E-state index contributed by atoms with van der Waals surface area (Å²) in [6.07, 6.45) is 8.70. The number of nitrogens with zero attached hydrogens (tertiary/aromatic N) is 4. The monoisotopic (exact) mass is 492 g/mol. The molecule has 2 amide bonds. The smallest absolute Gasteiger partial charge is 0.266 e. The van der Waals surface area contributed by atoms with Gasteiger partial charge in [-0.1, -0.05) is 38.3 Å². The molecule has 1 fully saturated rings. The van der Waals surface area contributed by atoms with Crippen LogP contribution in [0.2, 0.25) is 0 Å². The van der Waals surface area contributed by atoms with E-state index < -0.39 is 0 Å².